The van der Waals surface area contributed by atoms with Crippen molar-refractivity contribution < 1.29 is 0 Å². The number of rotatable bonds is 8. The molecule has 0 fully saturated rings. The van der Waals surface area contributed by atoms with Crippen molar-refractivity contribution in [1.29, 1.82) is 0 Å². The molecule has 0 radical (unpaired) electrons. The largest absolute Gasteiger partial charge is 0.325 e. The lowest BCUT2D eigenvalue weighted by molar-refractivity contribution is 0.210. The molecule has 1 atom stereocenters. The highest BCUT2D eigenvalue weighted by Gasteiger charge is 2.30. The quantitative estimate of drug-likeness (QED) is 0.625. The normalized spacial score (nSPS) is 14.4. The lowest BCUT2D eigenvalue weighted by Crippen LogP contribution is -2.46. The van der Waals surface area contributed by atoms with E-state index in [1.807, 2.05) is 0 Å². The monoisotopic (exact) mass is 199 g/mol. The molecule has 0 aromatic heterocycles. The molecule has 0 rings (SSSR count). The standard InChI is InChI=1S/C13H29N/c1-5-9-12(8-4)13(14,10-6-2)11-7-3/h12H,5-11,14H2,1-4H3. The second-order valence-electron chi connectivity index (χ2n) is 4.63. The summed E-state index contributed by atoms with van der Waals surface area (Å²) in [5, 5.41) is 0. The van der Waals surface area contributed by atoms with Crippen LogP contribution in [0.25, 0.3) is 0 Å². The summed E-state index contributed by atoms with van der Waals surface area (Å²) in [6, 6.07) is 0. The molecule has 0 spiro atoms. The fourth-order valence-electron chi connectivity index (χ4n) is 2.71. The maximum absolute atomic E-state index is 6.56. The highest BCUT2D eigenvalue weighted by Crippen LogP contribution is 2.31. The molecule has 1 nitrogen and oxygen atoms in total. The van der Waals surface area contributed by atoms with E-state index in [2.05, 4.69) is 27.7 Å². The first-order chi connectivity index (χ1) is 6.64. The van der Waals surface area contributed by atoms with Crippen molar-refractivity contribution in [1.82, 2.24) is 0 Å². The van der Waals surface area contributed by atoms with Crippen LogP contribution in [0, 0.1) is 5.92 Å². The second-order valence-corrected chi connectivity index (χ2v) is 4.63. The van der Waals surface area contributed by atoms with E-state index in [0.29, 0.717) is 0 Å². The van der Waals surface area contributed by atoms with Crippen molar-refractivity contribution in [2.24, 2.45) is 11.7 Å². The summed E-state index contributed by atoms with van der Waals surface area (Å²) >= 11 is 0. The zero-order chi connectivity index (χ0) is 11.0. The van der Waals surface area contributed by atoms with Crippen molar-refractivity contribution >= 4 is 0 Å². The van der Waals surface area contributed by atoms with E-state index in [1.165, 1.54) is 44.9 Å². The molecule has 14 heavy (non-hydrogen) atoms. The molecule has 0 amide bonds. The van der Waals surface area contributed by atoms with E-state index in [9.17, 15) is 0 Å². The van der Waals surface area contributed by atoms with Crippen LogP contribution >= 0.6 is 0 Å². The number of hydrogen-bond acceptors (Lipinski definition) is 1. The van der Waals surface area contributed by atoms with Crippen molar-refractivity contribution in [2.75, 3.05) is 0 Å². The summed E-state index contributed by atoms with van der Waals surface area (Å²) in [7, 11) is 0. The molecule has 0 saturated carbocycles. The topological polar surface area (TPSA) is 26.0 Å². The van der Waals surface area contributed by atoms with E-state index >= 15 is 0 Å². The first kappa shape index (κ1) is 14.0. The van der Waals surface area contributed by atoms with Crippen molar-refractivity contribution in [2.45, 2.75) is 78.2 Å². The van der Waals surface area contributed by atoms with Gasteiger partial charge in [0.05, 0.1) is 0 Å². The Morgan fingerprint density at radius 3 is 1.71 bits per heavy atom. The SMILES string of the molecule is CCCC(CC)C(N)(CCC)CCC. The molecule has 0 bridgehead atoms. The van der Waals surface area contributed by atoms with E-state index < -0.39 is 0 Å². The minimum absolute atomic E-state index is 0.119. The fraction of sp³-hybridized carbons (Fsp3) is 1.00. The van der Waals surface area contributed by atoms with Gasteiger partial charge in [-0.1, -0.05) is 53.4 Å². The summed E-state index contributed by atoms with van der Waals surface area (Å²) in [6.07, 6.45) is 8.63. The smallest absolute Gasteiger partial charge is 0.0182 e. The summed E-state index contributed by atoms with van der Waals surface area (Å²) in [6.45, 7) is 9.04. The fourth-order valence-corrected chi connectivity index (χ4v) is 2.71. The molecule has 0 saturated heterocycles. The Balaban J connectivity index is 4.39. The zero-order valence-corrected chi connectivity index (χ0v) is 10.6. The van der Waals surface area contributed by atoms with Gasteiger partial charge >= 0.3 is 0 Å². The third-order valence-electron chi connectivity index (χ3n) is 3.37. The van der Waals surface area contributed by atoms with Gasteiger partial charge in [-0.05, 0) is 25.2 Å². The van der Waals surface area contributed by atoms with Crippen LogP contribution in [0.1, 0.15) is 72.6 Å². The summed E-state index contributed by atoms with van der Waals surface area (Å²) in [5.74, 6) is 0.729. The molecule has 0 heterocycles. The van der Waals surface area contributed by atoms with Crippen LogP contribution in [0.3, 0.4) is 0 Å². The molecule has 86 valence electrons. The van der Waals surface area contributed by atoms with Crippen LogP contribution in [-0.2, 0) is 0 Å². The number of hydrogen-bond donors (Lipinski definition) is 1. The molecule has 0 aliphatic rings. The third kappa shape index (κ3) is 4.00. The molecule has 0 aromatic carbocycles. The van der Waals surface area contributed by atoms with Crippen LogP contribution < -0.4 is 5.73 Å². The molecule has 2 N–H and O–H groups in total. The molecule has 0 aliphatic carbocycles. The summed E-state index contributed by atoms with van der Waals surface area (Å²) in [4.78, 5) is 0. The highest BCUT2D eigenvalue weighted by atomic mass is 14.8. The van der Waals surface area contributed by atoms with E-state index in [4.69, 9.17) is 5.73 Å². The van der Waals surface area contributed by atoms with E-state index in [-0.39, 0.29) is 5.54 Å². The van der Waals surface area contributed by atoms with Gasteiger partial charge in [-0.25, -0.2) is 0 Å². The molecular formula is C13H29N. The maximum Gasteiger partial charge on any atom is 0.0182 e. The average molecular weight is 199 g/mol. The van der Waals surface area contributed by atoms with Crippen LogP contribution in [0.2, 0.25) is 0 Å². The molecule has 1 unspecified atom stereocenters. The van der Waals surface area contributed by atoms with Gasteiger partial charge in [0.25, 0.3) is 0 Å². The molecule has 1 heteroatoms. The van der Waals surface area contributed by atoms with Gasteiger partial charge in [0.1, 0.15) is 0 Å². The van der Waals surface area contributed by atoms with Gasteiger partial charge < -0.3 is 5.73 Å². The predicted octanol–water partition coefficient (Wildman–Crippen LogP) is 4.11. The van der Waals surface area contributed by atoms with Crippen LogP contribution in [0.4, 0.5) is 0 Å². The van der Waals surface area contributed by atoms with Crippen LogP contribution in [-0.4, -0.2) is 5.54 Å². The van der Waals surface area contributed by atoms with Gasteiger partial charge in [-0.2, -0.15) is 0 Å². The Hall–Kier alpha value is -0.0400. The predicted molar refractivity (Wildman–Crippen MR) is 65.4 cm³/mol. The lowest BCUT2D eigenvalue weighted by Gasteiger charge is -2.37. The highest BCUT2D eigenvalue weighted by molar-refractivity contribution is 4.89. The first-order valence-corrected chi connectivity index (χ1v) is 6.43. The van der Waals surface area contributed by atoms with Crippen molar-refractivity contribution in [3.8, 4) is 0 Å². The summed E-state index contributed by atoms with van der Waals surface area (Å²) < 4.78 is 0. The Labute approximate surface area is 90.5 Å². The Morgan fingerprint density at radius 1 is 0.929 bits per heavy atom. The van der Waals surface area contributed by atoms with Gasteiger partial charge in [-0.15, -0.1) is 0 Å². The van der Waals surface area contributed by atoms with E-state index in [0.717, 1.165) is 5.92 Å². The van der Waals surface area contributed by atoms with Gasteiger partial charge in [0, 0.05) is 5.54 Å². The second kappa shape index (κ2) is 7.28. The minimum atomic E-state index is 0.119. The Kier molecular flexibility index (Phi) is 7.26. The van der Waals surface area contributed by atoms with Crippen LogP contribution in [0.15, 0.2) is 0 Å². The van der Waals surface area contributed by atoms with Crippen molar-refractivity contribution in [3.63, 3.8) is 0 Å². The third-order valence-corrected chi connectivity index (χ3v) is 3.37. The summed E-state index contributed by atoms with van der Waals surface area (Å²) in [5.41, 5.74) is 6.68. The van der Waals surface area contributed by atoms with E-state index in [1.54, 1.807) is 0 Å². The van der Waals surface area contributed by atoms with Gasteiger partial charge in [0.2, 0.25) is 0 Å². The average Bonchev–Trinajstić information content (AvgIpc) is 2.14. The van der Waals surface area contributed by atoms with Gasteiger partial charge in [-0.3, -0.25) is 0 Å². The number of nitrogens with two attached hydrogens (primary N) is 1. The first-order valence-electron chi connectivity index (χ1n) is 6.43. The Morgan fingerprint density at radius 2 is 1.43 bits per heavy atom. The lowest BCUT2D eigenvalue weighted by atomic mass is 9.74. The zero-order valence-electron chi connectivity index (χ0n) is 10.6. The minimum Gasteiger partial charge on any atom is -0.325 e. The Bertz CT molecular complexity index is 125. The molecule has 0 aliphatic heterocycles. The van der Waals surface area contributed by atoms with Gasteiger partial charge in [0.15, 0.2) is 0 Å². The van der Waals surface area contributed by atoms with Crippen molar-refractivity contribution in [3.05, 3.63) is 0 Å². The van der Waals surface area contributed by atoms with Crippen LogP contribution in [0.5, 0.6) is 0 Å². The molecular weight excluding hydrogens is 170 g/mol. The maximum atomic E-state index is 6.56. The molecule has 0 aromatic rings.